The van der Waals surface area contributed by atoms with Crippen LogP contribution in [0.4, 0.5) is 5.69 Å². The van der Waals surface area contributed by atoms with Gasteiger partial charge in [-0.25, -0.2) is 0 Å². The minimum atomic E-state index is -0.373. The second kappa shape index (κ2) is 11.3. The predicted molar refractivity (Wildman–Crippen MR) is 123 cm³/mol. The lowest BCUT2D eigenvalue weighted by molar-refractivity contribution is -0.133. The number of anilines is 1. The molecule has 2 aromatic carbocycles. The van der Waals surface area contributed by atoms with Crippen LogP contribution in [0.1, 0.15) is 19.2 Å². The molecule has 2 amide bonds. The highest BCUT2D eigenvalue weighted by Gasteiger charge is 2.17. The predicted octanol–water partition coefficient (Wildman–Crippen LogP) is 3.83. The topological polar surface area (TPSA) is 107 Å². The van der Waals surface area contributed by atoms with Crippen LogP contribution in [-0.4, -0.2) is 54.2 Å². The number of hydrogen-bond donors (Lipinski definition) is 1. The van der Waals surface area contributed by atoms with Gasteiger partial charge in [-0.2, -0.15) is 4.98 Å². The van der Waals surface area contributed by atoms with Gasteiger partial charge in [-0.15, -0.1) is 0 Å². The standard InChI is InChI=1S/C23H25ClN4O5/c1-4-32-17-8-5-15(6-9-17)23-26-21(33-27-23)11-12-22(30)28(2)14-20(29)25-18-13-16(24)7-10-19(18)31-3/h5-10,13H,4,11-12,14H2,1-3H3,(H,25,29). The summed E-state index contributed by atoms with van der Waals surface area (Å²) in [6, 6.07) is 12.2. The van der Waals surface area contributed by atoms with Crippen molar-refractivity contribution < 1.29 is 23.6 Å². The van der Waals surface area contributed by atoms with Gasteiger partial charge in [-0.1, -0.05) is 16.8 Å². The third-order valence-corrected chi connectivity index (χ3v) is 4.92. The maximum Gasteiger partial charge on any atom is 0.244 e. The summed E-state index contributed by atoms with van der Waals surface area (Å²) in [6.45, 7) is 2.38. The highest BCUT2D eigenvalue weighted by Crippen LogP contribution is 2.27. The molecule has 9 nitrogen and oxygen atoms in total. The zero-order valence-corrected chi connectivity index (χ0v) is 19.4. The lowest BCUT2D eigenvalue weighted by Gasteiger charge is -2.17. The molecule has 0 spiro atoms. The molecule has 1 N–H and O–H groups in total. The first-order chi connectivity index (χ1) is 15.9. The second-order valence-corrected chi connectivity index (χ2v) is 7.55. The second-order valence-electron chi connectivity index (χ2n) is 7.11. The van der Waals surface area contributed by atoms with Crippen molar-refractivity contribution in [1.29, 1.82) is 0 Å². The third kappa shape index (κ3) is 6.69. The molecule has 0 aliphatic heterocycles. The van der Waals surface area contributed by atoms with Crippen molar-refractivity contribution in [3.8, 4) is 22.9 Å². The average Bonchev–Trinajstić information content (AvgIpc) is 3.27. The lowest BCUT2D eigenvalue weighted by atomic mass is 10.2. The van der Waals surface area contributed by atoms with E-state index in [4.69, 9.17) is 25.6 Å². The summed E-state index contributed by atoms with van der Waals surface area (Å²) in [5, 5.41) is 7.13. The maximum absolute atomic E-state index is 12.5. The van der Waals surface area contributed by atoms with E-state index >= 15 is 0 Å². The molecule has 174 valence electrons. The highest BCUT2D eigenvalue weighted by atomic mass is 35.5. The molecule has 3 aromatic rings. The van der Waals surface area contributed by atoms with E-state index in [2.05, 4.69) is 15.5 Å². The molecule has 33 heavy (non-hydrogen) atoms. The van der Waals surface area contributed by atoms with E-state index in [0.717, 1.165) is 11.3 Å². The van der Waals surface area contributed by atoms with E-state index in [1.807, 2.05) is 31.2 Å². The van der Waals surface area contributed by atoms with Crippen molar-refractivity contribution in [2.24, 2.45) is 0 Å². The van der Waals surface area contributed by atoms with Crippen LogP contribution in [-0.2, 0) is 16.0 Å². The van der Waals surface area contributed by atoms with Crippen LogP contribution >= 0.6 is 11.6 Å². The number of hydrogen-bond acceptors (Lipinski definition) is 7. The third-order valence-electron chi connectivity index (χ3n) is 4.69. The van der Waals surface area contributed by atoms with Crippen LogP contribution in [0.3, 0.4) is 0 Å². The van der Waals surface area contributed by atoms with Gasteiger partial charge in [0.15, 0.2) is 0 Å². The number of methoxy groups -OCH3 is 1. The molecule has 0 atom stereocenters. The number of rotatable bonds is 10. The number of likely N-dealkylation sites (N-methyl/N-ethyl adjacent to an activating group) is 1. The van der Waals surface area contributed by atoms with Crippen molar-refractivity contribution in [1.82, 2.24) is 15.0 Å². The summed E-state index contributed by atoms with van der Waals surface area (Å²) in [5.74, 6) is 1.40. The molecule has 10 heteroatoms. The zero-order valence-electron chi connectivity index (χ0n) is 18.6. The van der Waals surface area contributed by atoms with Crippen molar-refractivity contribution in [3.63, 3.8) is 0 Å². The van der Waals surface area contributed by atoms with Gasteiger partial charge in [0.05, 0.1) is 25.9 Å². The largest absolute Gasteiger partial charge is 0.495 e. The van der Waals surface area contributed by atoms with E-state index in [0.29, 0.717) is 34.8 Å². The highest BCUT2D eigenvalue weighted by molar-refractivity contribution is 6.31. The average molecular weight is 473 g/mol. The fourth-order valence-corrected chi connectivity index (χ4v) is 3.19. The van der Waals surface area contributed by atoms with Crippen LogP contribution in [0.25, 0.3) is 11.4 Å². The summed E-state index contributed by atoms with van der Waals surface area (Å²) in [5.41, 5.74) is 1.22. The molecule has 0 saturated carbocycles. The van der Waals surface area contributed by atoms with Crippen LogP contribution in [0.15, 0.2) is 47.0 Å². The van der Waals surface area contributed by atoms with Gasteiger partial charge in [-0.3, -0.25) is 9.59 Å². The number of amides is 2. The number of nitrogens with one attached hydrogen (secondary N) is 1. The number of halogens is 1. The van der Waals surface area contributed by atoms with Crippen LogP contribution in [0, 0.1) is 0 Å². The smallest absolute Gasteiger partial charge is 0.244 e. The van der Waals surface area contributed by atoms with Crippen molar-refractivity contribution >= 4 is 29.1 Å². The van der Waals surface area contributed by atoms with Crippen LogP contribution in [0.5, 0.6) is 11.5 Å². The Labute approximate surface area is 196 Å². The zero-order chi connectivity index (χ0) is 23.8. The quantitative estimate of drug-likeness (QED) is 0.477. The molecule has 1 heterocycles. The minimum absolute atomic E-state index is 0.120. The molecule has 1 aromatic heterocycles. The summed E-state index contributed by atoms with van der Waals surface area (Å²) in [7, 11) is 3.05. The van der Waals surface area contributed by atoms with Crippen molar-refractivity contribution in [2.45, 2.75) is 19.8 Å². The van der Waals surface area contributed by atoms with E-state index in [9.17, 15) is 9.59 Å². The van der Waals surface area contributed by atoms with E-state index in [-0.39, 0.29) is 31.2 Å². The monoisotopic (exact) mass is 472 g/mol. The van der Waals surface area contributed by atoms with Gasteiger partial charge in [0.25, 0.3) is 0 Å². The number of aryl methyl sites for hydroxylation is 1. The number of ether oxygens (including phenoxy) is 2. The summed E-state index contributed by atoms with van der Waals surface area (Å²) in [6.07, 6.45) is 0.381. The Morgan fingerprint density at radius 2 is 1.94 bits per heavy atom. The van der Waals surface area contributed by atoms with Gasteiger partial charge in [0.2, 0.25) is 23.5 Å². The van der Waals surface area contributed by atoms with Gasteiger partial charge in [0.1, 0.15) is 11.5 Å². The summed E-state index contributed by atoms with van der Waals surface area (Å²) in [4.78, 5) is 30.5. The molecule has 0 unspecified atom stereocenters. The first kappa shape index (κ1) is 24.1. The van der Waals surface area contributed by atoms with Gasteiger partial charge in [-0.05, 0) is 49.4 Å². The Balaban J connectivity index is 1.50. The Morgan fingerprint density at radius 1 is 1.18 bits per heavy atom. The van der Waals surface area contributed by atoms with Crippen molar-refractivity contribution in [3.05, 3.63) is 53.4 Å². The van der Waals surface area contributed by atoms with Crippen LogP contribution in [0.2, 0.25) is 5.02 Å². The minimum Gasteiger partial charge on any atom is -0.495 e. The lowest BCUT2D eigenvalue weighted by Crippen LogP contribution is -2.35. The molecular weight excluding hydrogens is 448 g/mol. The van der Waals surface area contributed by atoms with E-state index in [1.165, 1.54) is 12.0 Å². The van der Waals surface area contributed by atoms with Crippen molar-refractivity contribution in [2.75, 3.05) is 32.6 Å². The number of nitrogens with zero attached hydrogens (tertiary/aromatic N) is 3. The van der Waals surface area contributed by atoms with Gasteiger partial charge >= 0.3 is 0 Å². The van der Waals surface area contributed by atoms with E-state index < -0.39 is 0 Å². The Hall–Kier alpha value is -3.59. The fraction of sp³-hybridized carbons (Fsp3) is 0.304. The fourth-order valence-electron chi connectivity index (χ4n) is 3.02. The number of carbonyl (C=O) groups is 2. The number of aromatic nitrogens is 2. The SMILES string of the molecule is CCOc1ccc(-c2noc(CCC(=O)N(C)CC(=O)Nc3cc(Cl)ccc3OC)n2)cc1. The molecule has 0 radical (unpaired) electrons. The molecule has 0 aliphatic carbocycles. The van der Waals surface area contributed by atoms with Gasteiger partial charge < -0.3 is 24.2 Å². The van der Waals surface area contributed by atoms with Gasteiger partial charge in [0, 0.05) is 30.5 Å². The first-order valence-electron chi connectivity index (χ1n) is 10.3. The Bertz CT molecular complexity index is 1100. The number of carbonyl (C=O) groups excluding carboxylic acids is 2. The summed E-state index contributed by atoms with van der Waals surface area (Å²) >= 11 is 5.98. The molecule has 0 bridgehead atoms. The Kier molecular flexibility index (Phi) is 8.26. The molecular formula is C23H25ClN4O5. The first-order valence-corrected chi connectivity index (χ1v) is 10.7. The molecule has 0 aliphatic rings. The molecule has 3 rings (SSSR count). The van der Waals surface area contributed by atoms with E-state index in [1.54, 1.807) is 25.2 Å². The molecule has 0 fully saturated rings. The molecule has 0 saturated heterocycles. The summed E-state index contributed by atoms with van der Waals surface area (Å²) < 4.78 is 15.9. The Morgan fingerprint density at radius 3 is 2.64 bits per heavy atom. The number of benzene rings is 2. The maximum atomic E-state index is 12.5. The normalized spacial score (nSPS) is 10.5. The van der Waals surface area contributed by atoms with Crippen LogP contribution < -0.4 is 14.8 Å².